The first-order valence-electron chi connectivity index (χ1n) is 4.90. The second-order valence-electron chi connectivity index (χ2n) is 3.49. The van der Waals surface area contributed by atoms with Crippen molar-refractivity contribution in [2.24, 2.45) is 0 Å². The molecule has 0 heterocycles. The number of aliphatic carboxylic acids is 1. The average Bonchev–Trinajstić information content (AvgIpc) is 2.26. The van der Waals surface area contributed by atoms with Crippen molar-refractivity contribution in [2.75, 3.05) is 0 Å². The topological polar surface area (TPSA) is 54.4 Å². The molecule has 0 fully saturated rings. The highest BCUT2D eigenvalue weighted by atomic mass is 16.4. The van der Waals surface area contributed by atoms with E-state index in [1.54, 1.807) is 6.92 Å². The van der Waals surface area contributed by atoms with Crippen LogP contribution < -0.4 is 0 Å². The summed E-state index contributed by atoms with van der Waals surface area (Å²) in [5.74, 6) is -1.17. The van der Waals surface area contributed by atoms with Gasteiger partial charge in [-0.2, -0.15) is 0 Å². The van der Waals surface area contributed by atoms with Crippen molar-refractivity contribution in [3.8, 4) is 0 Å². The number of carboxylic acids is 1. The zero-order valence-corrected chi connectivity index (χ0v) is 8.64. The van der Waals surface area contributed by atoms with E-state index in [1.807, 2.05) is 30.3 Å². The number of carbonyl (C=O) groups is 2. The van der Waals surface area contributed by atoms with E-state index in [-0.39, 0.29) is 24.5 Å². The predicted octanol–water partition coefficient (Wildman–Crippen LogP) is 2.22. The smallest absolute Gasteiger partial charge is 0.303 e. The van der Waals surface area contributed by atoms with E-state index in [9.17, 15) is 9.59 Å². The molecule has 0 saturated heterocycles. The van der Waals surface area contributed by atoms with Crippen molar-refractivity contribution in [1.82, 2.24) is 0 Å². The average molecular weight is 206 g/mol. The molecule has 15 heavy (non-hydrogen) atoms. The lowest BCUT2D eigenvalue weighted by Gasteiger charge is -2.09. The van der Waals surface area contributed by atoms with Gasteiger partial charge in [-0.15, -0.1) is 0 Å². The summed E-state index contributed by atoms with van der Waals surface area (Å²) in [7, 11) is 0. The van der Waals surface area contributed by atoms with Crippen LogP contribution in [0, 0.1) is 0 Å². The minimum Gasteiger partial charge on any atom is -0.481 e. The fourth-order valence-electron chi connectivity index (χ4n) is 1.37. The van der Waals surface area contributed by atoms with Crippen LogP contribution in [-0.2, 0) is 9.59 Å². The molecule has 1 aromatic rings. The van der Waals surface area contributed by atoms with E-state index in [0.717, 1.165) is 5.56 Å². The standard InChI is InChI=1S/C12H14O3/c1-9(10-5-3-2-4-6-10)11(13)7-8-12(14)15/h2-6,9H,7-8H2,1H3,(H,14,15). The van der Waals surface area contributed by atoms with Crippen LogP contribution in [0.5, 0.6) is 0 Å². The number of hydrogen-bond donors (Lipinski definition) is 1. The summed E-state index contributed by atoms with van der Waals surface area (Å²) >= 11 is 0. The van der Waals surface area contributed by atoms with Crippen LogP contribution in [0.25, 0.3) is 0 Å². The molecule has 0 aromatic heterocycles. The lowest BCUT2D eigenvalue weighted by Crippen LogP contribution is -2.10. The minimum atomic E-state index is -0.927. The SMILES string of the molecule is CC(C(=O)CCC(=O)O)c1ccccc1. The molecule has 3 nitrogen and oxygen atoms in total. The number of rotatable bonds is 5. The third kappa shape index (κ3) is 3.54. The van der Waals surface area contributed by atoms with E-state index in [1.165, 1.54) is 0 Å². The summed E-state index contributed by atoms with van der Waals surface area (Å²) in [6.45, 7) is 1.81. The summed E-state index contributed by atoms with van der Waals surface area (Å²) in [5.41, 5.74) is 0.938. The first-order chi connectivity index (χ1) is 7.11. The Hall–Kier alpha value is -1.64. The van der Waals surface area contributed by atoms with E-state index in [0.29, 0.717) is 0 Å². The molecule has 1 unspecified atom stereocenters. The van der Waals surface area contributed by atoms with Gasteiger partial charge < -0.3 is 5.11 Å². The predicted molar refractivity (Wildman–Crippen MR) is 56.7 cm³/mol. The highest BCUT2D eigenvalue weighted by Crippen LogP contribution is 2.17. The summed E-state index contributed by atoms with van der Waals surface area (Å²) in [6.07, 6.45) is 0.0153. The van der Waals surface area contributed by atoms with Gasteiger partial charge in [0, 0.05) is 12.3 Å². The van der Waals surface area contributed by atoms with Crippen molar-refractivity contribution in [2.45, 2.75) is 25.7 Å². The van der Waals surface area contributed by atoms with Gasteiger partial charge in [-0.1, -0.05) is 37.3 Å². The lowest BCUT2D eigenvalue weighted by atomic mass is 9.94. The van der Waals surface area contributed by atoms with Crippen molar-refractivity contribution in [1.29, 1.82) is 0 Å². The first-order valence-corrected chi connectivity index (χ1v) is 4.90. The monoisotopic (exact) mass is 206 g/mol. The molecule has 0 amide bonds. The van der Waals surface area contributed by atoms with E-state index >= 15 is 0 Å². The first kappa shape index (κ1) is 11.4. The van der Waals surface area contributed by atoms with Gasteiger partial charge in [0.05, 0.1) is 6.42 Å². The molecule has 1 N–H and O–H groups in total. The molecule has 3 heteroatoms. The third-order valence-electron chi connectivity index (χ3n) is 2.37. The van der Waals surface area contributed by atoms with Gasteiger partial charge in [0.1, 0.15) is 5.78 Å². The molecule has 0 radical (unpaired) electrons. The van der Waals surface area contributed by atoms with Crippen LogP contribution in [0.15, 0.2) is 30.3 Å². The molecule has 0 aliphatic heterocycles. The van der Waals surface area contributed by atoms with Crippen LogP contribution in [0.2, 0.25) is 0 Å². The maximum Gasteiger partial charge on any atom is 0.303 e. The van der Waals surface area contributed by atoms with E-state index in [4.69, 9.17) is 5.11 Å². The van der Waals surface area contributed by atoms with Crippen LogP contribution >= 0.6 is 0 Å². The minimum absolute atomic E-state index is 0.0244. The molecule has 1 rings (SSSR count). The molecule has 80 valence electrons. The maximum absolute atomic E-state index is 11.6. The number of hydrogen-bond acceptors (Lipinski definition) is 2. The summed E-state index contributed by atoms with van der Waals surface area (Å²) in [5, 5.41) is 8.46. The third-order valence-corrected chi connectivity index (χ3v) is 2.37. The zero-order valence-electron chi connectivity index (χ0n) is 8.64. The number of Topliss-reactive ketones (excluding diaryl/α,β-unsaturated/α-hetero) is 1. The molecular formula is C12H14O3. The molecule has 0 aliphatic carbocycles. The summed E-state index contributed by atoms with van der Waals surface area (Å²) < 4.78 is 0. The Labute approximate surface area is 88.7 Å². The van der Waals surface area contributed by atoms with Gasteiger partial charge in [0.2, 0.25) is 0 Å². The van der Waals surface area contributed by atoms with Gasteiger partial charge in [-0.25, -0.2) is 0 Å². The Balaban J connectivity index is 2.57. The van der Waals surface area contributed by atoms with Gasteiger partial charge in [-0.3, -0.25) is 9.59 Å². The van der Waals surface area contributed by atoms with E-state index < -0.39 is 5.97 Å². The maximum atomic E-state index is 11.6. The van der Waals surface area contributed by atoms with Crippen LogP contribution in [-0.4, -0.2) is 16.9 Å². The van der Waals surface area contributed by atoms with Crippen molar-refractivity contribution in [3.63, 3.8) is 0 Å². The Morgan fingerprint density at radius 1 is 1.20 bits per heavy atom. The zero-order chi connectivity index (χ0) is 11.3. The van der Waals surface area contributed by atoms with Crippen molar-refractivity contribution in [3.05, 3.63) is 35.9 Å². The Morgan fingerprint density at radius 3 is 2.33 bits per heavy atom. The molecule has 1 atom stereocenters. The number of carbonyl (C=O) groups excluding carboxylic acids is 1. The Bertz CT molecular complexity index is 343. The molecular weight excluding hydrogens is 192 g/mol. The molecule has 0 spiro atoms. The number of carboxylic acid groups (broad SMARTS) is 1. The molecule has 1 aromatic carbocycles. The van der Waals surface area contributed by atoms with Crippen LogP contribution in [0.3, 0.4) is 0 Å². The Morgan fingerprint density at radius 2 is 1.80 bits per heavy atom. The fraction of sp³-hybridized carbons (Fsp3) is 0.333. The highest BCUT2D eigenvalue weighted by Gasteiger charge is 2.15. The molecule has 0 saturated carbocycles. The van der Waals surface area contributed by atoms with Gasteiger partial charge in [-0.05, 0) is 5.56 Å². The van der Waals surface area contributed by atoms with E-state index in [2.05, 4.69) is 0 Å². The number of benzene rings is 1. The normalized spacial score (nSPS) is 12.1. The number of ketones is 1. The Kier molecular flexibility index (Phi) is 4.03. The van der Waals surface area contributed by atoms with Crippen LogP contribution in [0.1, 0.15) is 31.2 Å². The summed E-state index contributed by atoms with van der Waals surface area (Å²) in [6, 6.07) is 9.39. The van der Waals surface area contributed by atoms with Crippen molar-refractivity contribution >= 4 is 11.8 Å². The van der Waals surface area contributed by atoms with Gasteiger partial charge >= 0.3 is 5.97 Å². The molecule has 0 aliphatic rings. The second-order valence-corrected chi connectivity index (χ2v) is 3.49. The van der Waals surface area contributed by atoms with Crippen molar-refractivity contribution < 1.29 is 14.7 Å². The molecule has 0 bridgehead atoms. The van der Waals surface area contributed by atoms with Crippen LogP contribution in [0.4, 0.5) is 0 Å². The fourth-order valence-corrected chi connectivity index (χ4v) is 1.37. The second kappa shape index (κ2) is 5.29. The van der Waals surface area contributed by atoms with Gasteiger partial charge in [0.25, 0.3) is 0 Å². The lowest BCUT2D eigenvalue weighted by molar-refractivity contribution is -0.138. The van der Waals surface area contributed by atoms with Gasteiger partial charge in [0.15, 0.2) is 0 Å². The highest BCUT2D eigenvalue weighted by molar-refractivity contribution is 5.87. The summed E-state index contributed by atoms with van der Waals surface area (Å²) in [4.78, 5) is 21.9. The quantitative estimate of drug-likeness (QED) is 0.803. The largest absolute Gasteiger partial charge is 0.481 e.